The van der Waals surface area contributed by atoms with Crippen LogP contribution >= 0.6 is 0 Å². The summed E-state index contributed by atoms with van der Waals surface area (Å²) >= 11 is 0. The van der Waals surface area contributed by atoms with Gasteiger partial charge in [-0.15, -0.1) is 0 Å². The zero-order valence-corrected chi connectivity index (χ0v) is 15.1. The molecule has 4 nitrogen and oxygen atoms in total. The van der Waals surface area contributed by atoms with E-state index in [-0.39, 0.29) is 24.2 Å². The van der Waals surface area contributed by atoms with Crippen LogP contribution in [0.15, 0.2) is 48.5 Å². The van der Waals surface area contributed by atoms with Crippen LogP contribution in [0.2, 0.25) is 0 Å². The number of amides is 1. The summed E-state index contributed by atoms with van der Waals surface area (Å²) in [6, 6.07) is 14.2. The van der Waals surface area contributed by atoms with Crippen molar-refractivity contribution in [1.82, 2.24) is 10.2 Å². The van der Waals surface area contributed by atoms with Crippen LogP contribution < -0.4 is 10.1 Å². The molecular weight excluding hydrogens is 331 g/mol. The fraction of sp³-hybridized carbons (Fsp3) is 0.381. The number of halogens is 1. The molecule has 1 saturated heterocycles. The molecule has 138 valence electrons. The zero-order valence-electron chi connectivity index (χ0n) is 15.1. The third-order valence-electron chi connectivity index (χ3n) is 4.83. The van der Waals surface area contributed by atoms with Gasteiger partial charge in [0.15, 0.2) is 0 Å². The minimum absolute atomic E-state index is 0.0521. The van der Waals surface area contributed by atoms with Crippen LogP contribution in [0.5, 0.6) is 5.75 Å². The Hall–Kier alpha value is -2.40. The molecule has 1 atom stereocenters. The number of carbonyl (C=O) groups is 1. The molecule has 0 aliphatic carbocycles. The second kappa shape index (κ2) is 8.81. The molecule has 0 spiro atoms. The maximum atomic E-state index is 13.0. The maximum Gasteiger partial charge on any atom is 0.224 e. The van der Waals surface area contributed by atoms with Crippen LogP contribution in [0.1, 0.15) is 30.0 Å². The van der Waals surface area contributed by atoms with Gasteiger partial charge in [-0.3, -0.25) is 9.69 Å². The van der Waals surface area contributed by atoms with E-state index in [4.69, 9.17) is 4.74 Å². The second-order valence-corrected chi connectivity index (χ2v) is 6.64. The lowest BCUT2D eigenvalue weighted by Crippen LogP contribution is -2.37. The Labute approximate surface area is 154 Å². The molecule has 1 aliphatic heterocycles. The number of ether oxygens (including phenoxy) is 1. The van der Waals surface area contributed by atoms with Crippen molar-refractivity contribution in [3.8, 4) is 5.75 Å². The zero-order chi connectivity index (χ0) is 18.4. The van der Waals surface area contributed by atoms with Crippen molar-refractivity contribution in [2.45, 2.75) is 25.3 Å². The summed E-state index contributed by atoms with van der Waals surface area (Å²) in [4.78, 5) is 14.7. The van der Waals surface area contributed by atoms with Gasteiger partial charge < -0.3 is 10.1 Å². The molecular formula is C21H25FN2O2. The molecule has 1 N–H and O–H groups in total. The lowest BCUT2D eigenvalue weighted by Gasteiger charge is -2.28. The molecule has 1 heterocycles. The molecule has 0 bridgehead atoms. The molecule has 5 heteroatoms. The molecule has 3 rings (SSSR count). The van der Waals surface area contributed by atoms with Crippen molar-refractivity contribution in [2.75, 3.05) is 26.7 Å². The van der Waals surface area contributed by atoms with E-state index in [0.717, 1.165) is 30.0 Å². The van der Waals surface area contributed by atoms with Crippen LogP contribution in [-0.2, 0) is 11.2 Å². The molecule has 0 radical (unpaired) electrons. The van der Waals surface area contributed by atoms with Gasteiger partial charge in [-0.2, -0.15) is 0 Å². The number of methoxy groups -OCH3 is 1. The number of hydrogen-bond acceptors (Lipinski definition) is 3. The standard InChI is InChI=1S/C21H25FN2O2/c1-26-19-6-4-5-17(14-19)20(24-11-2-3-12-24)15-23-21(25)13-16-7-9-18(22)10-8-16/h4-10,14,20H,2-3,11-13,15H2,1H3,(H,23,25). The van der Waals surface area contributed by atoms with Gasteiger partial charge in [0.2, 0.25) is 5.91 Å². The van der Waals surface area contributed by atoms with Crippen molar-refractivity contribution < 1.29 is 13.9 Å². The smallest absolute Gasteiger partial charge is 0.224 e. The van der Waals surface area contributed by atoms with Crippen molar-refractivity contribution >= 4 is 5.91 Å². The van der Waals surface area contributed by atoms with E-state index in [2.05, 4.69) is 16.3 Å². The summed E-state index contributed by atoms with van der Waals surface area (Å²) in [5.74, 6) is 0.481. The van der Waals surface area contributed by atoms with Crippen LogP contribution in [0.4, 0.5) is 4.39 Å². The Balaban J connectivity index is 1.65. The van der Waals surface area contributed by atoms with Gasteiger partial charge in [0, 0.05) is 6.54 Å². The third kappa shape index (κ3) is 4.82. The Morgan fingerprint density at radius 3 is 2.62 bits per heavy atom. The van der Waals surface area contributed by atoms with E-state index >= 15 is 0 Å². The summed E-state index contributed by atoms with van der Waals surface area (Å²) in [7, 11) is 1.66. The summed E-state index contributed by atoms with van der Waals surface area (Å²) in [6.07, 6.45) is 2.62. The Morgan fingerprint density at radius 2 is 1.92 bits per heavy atom. The Morgan fingerprint density at radius 1 is 1.19 bits per heavy atom. The molecule has 1 amide bonds. The monoisotopic (exact) mass is 356 g/mol. The summed E-state index contributed by atoms with van der Waals surface area (Å²) in [5, 5.41) is 3.04. The normalized spacial score (nSPS) is 15.6. The van der Waals surface area contributed by atoms with Gasteiger partial charge >= 0.3 is 0 Å². The van der Waals surface area contributed by atoms with Crippen LogP contribution in [0, 0.1) is 5.82 Å². The highest BCUT2D eigenvalue weighted by atomic mass is 19.1. The van der Waals surface area contributed by atoms with Gasteiger partial charge in [-0.1, -0.05) is 24.3 Å². The fourth-order valence-corrected chi connectivity index (χ4v) is 3.42. The highest BCUT2D eigenvalue weighted by Gasteiger charge is 2.24. The molecule has 1 aliphatic rings. The van der Waals surface area contributed by atoms with Gasteiger partial charge in [0.05, 0.1) is 19.6 Å². The highest BCUT2D eigenvalue weighted by Crippen LogP contribution is 2.27. The average molecular weight is 356 g/mol. The third-order valence-corrected chi connectivity index (χ3v) is 4.83. The van der Waals surface area contributed by atoms with E-state index in [0.29, 0.717) is 6.54 Å². The van der Waals surface area contributed by atoms with Crippen molar-refractivity contribution in [3.05, 3.63) is 65.5 Å². The molecule has 0 saturated carbocycles. The second-order valence-electron chi connectivity index (χ2n) is 6.64. The number of hydrogen-bond donors (Lipinski definition) is 1. The molecule has 2 aromatic rings. The summed E-state index contributed by atoms with van der Waals surface area (Å²) in [6.45, 7) is 2.62. The van der Waals surface area contributed by atoms with E-state index in [1.54, 1.807) is 19.2 Å². The predicted octanol–water partition coefficient (Wildman–Crippen LogP) is 3.33. The number of likely N-dealkylation sites (tertiary alicyclic amines) is 1. The van der Waals surface area contributed by atoms with E-state index in [9.17, 15) is 9.18 Å². The van der Waals surface area contributed by atoms with Crippen LogP contribution in [0.25, 0.3) is 0 Å². The lowest BCUT2D eigenvalue weighted by atomic mass is 10.0. The van der Waals surface area contributed by atoms with Crippen molar-refractivity contribution in [1.29, 1.82) is 0 Å². The van der Waals surface area contributed by atoms with E-state index < -0.39 is 0 Å². The van der Waals surface area contributed by atoms with Crippen molar-refractivity contribution in [2.24, 2.45) is 0 Å². The SMILES string of the molecule is COc1cccc(C(CNC(=O)Cc2ccc(F)cc2)N2CCCC2)c1. The minimum Gasteiger partial charge on any atom is -0.497 e. The minimum atomic E-state index is -0.290. The average Bonchev–Trinajstić information content (AvgIpc) is 3.18. The van der Waals surface area contributed by atoms with Gasteiger partial charge in [0.1, 0.15) is 11.6 Å². The summed E-state index contributed by atoms with van der Waals surface area (Å²) in [5.41, 5.74) is 1.95. The lowest BCUT2D eigenvalue weighted by molar-refractivity contribution is -0.120. The highest BCUT2D eigenvalue weighted by molar-refractivity contribution is 5.78. The van der Waals surface area contributed by atoms with Gasteiger partial charge in [-0.05, 0) is 61.3 Å². The number of nitrogens with zero attached hydrogens (tertiary/aromatic N) is 1. The molecule has 1 fully saturated rings. The van der Waals surface area contributed by atoms with E-state index in [1.165, 1.54) is 25.0 Å². The number of carbonyl (C=O) groups excluding carboxylic acids is 1. The number of benzene rings is 2. The Bertz CT molecular complexity index is 727. The first-order valence-corrected chi connectivity index (χ1v) is 9.05. The molecule has 1 unspecified atom stereocenters. The molecule has 26 heavy (non-hydrogen) atoms. The topological polar surface area (TPSA) is 41.6 Å². The van der Waals surface area contributed by atoms with Crippen LogP contribution in [0.3, 0.4) is 0 Å². The van der Waals surface area contributed by atoms with Crippen LogP contribution in [-0.4, -0.2) is 37.6 Å². The largest absolute Gasteiger partial charge is 0.497 e. The van der Waals surface area contributed by atoms with Gasteiger partial charge in [-0.25, -0.2) is 4.39 Å². The quantitative estimate of drug-likeness (QED) is 0.827. The predicted molar refractivity (Wildman–Crippen MR) is 99.7 cm³/mol. The first kappa shape index (κ1) is 18.4. The maximum absolute atomic E-state index is 13.0. The Kier molecular flexibility index (Phi) is 6.23. The number of rotatable bonds is 7. The number of nitrogens with one attached hydrogen (secondary N) is 1. The summed E-state index contributed by atoms with van der Waals surface area (Å²) < 4.78 is 18.3. The first-order valence-electron chi connectivity index (χ1n) is 9.05. The van der Waals surface area contributed by atoms with Gasteiger partial charge in [0.25, 0.3) is 0 Å². The van der Waals surface area contributed by atoms with Crippen molar-refractivity contribution in [3.63, 3.8) is 0 Å². The van der Waals surface area contributed by atoms with E-state index in [1.807, 2.05) is 18.2 Å². The fourth-order valence-electron chi connectivity index (χ4n) is 3.42. The molecule has 0 aromatic heterocycles. The first-order chi connectivity index (χ1) is 12.7. The molecule has 2 aromatic carbocycles.